The van der Waals surface area contributed by atoms with Gasteiger partial charge in [-0.25, -0.2) is 4.68 Å². The molecule has 0 spiro atoms. The second-order valence-corrected chi connectivity index (χ2v) is 6.30. The van der Waals surface area contributed by atoms with Crippen LogP contribution in [0.1, 0.15) is 20.3 Å². The van der Waals surface area contributed by atoms with E-state index < -0.39 is 0 Å². The summed E-state index contributed by atoms with van der Waals surface area (Å²) in [5, 5.41) is 4.59. The lowest BCUT2D eigenvalue weighted by Gasteiger charge is -2.19. The molecule has 0 radical (unpaired) electrons. The molecule has 7 heteroatoms. The number of hydrogen-bond acceptors (Lipinski definition) is 4. The molecule has 0 aromatic carbocycles. The second kappa shape index (κ2) is 8.19. The molecule has 1 amide bonds. The molecule has 0 aliphatic rings. The quantitative estimate of drug-likeness (QED) is 0.726. The molecule has 0 aliphatic carbocycles. The van der Waals surface area contributed by atoms with Crippen molar-refractivity contribution in [2.75, 3.05) is 23.0 Å². The van der Waals surface area contributed by atoms with Gasteiger partial charge in [-0.2, -0.15) is 16.9 Å². The highest BCUT2D eigenvalue weighted by Gasteiger charge is 2.19. The number of carbonyl (C=O) groups is 1. The number of halogens is 1. The predicted octanol–water partition coefficient (Wildman–Crippen LogP) is 3.42. The van der Waals surface area contributed by atoms with Crippen LogP contribution < -0.4 is 4.90 Å². The lowest BCUT2D eigenvalue weighted by Crippen LogP contribution is -2.30. The number of nitrogens with zero attached hydrogens (tertiary/aromatic N) is 4. The molecule has 0 fully saturated rings. The van der Waals surface area contributed by atoms with Crippen molar-refractivity contribution in [2.45, 2.75) is 20.3 Å². The molecular formula is C15H19ClN4OS. The van der Waals surface area contributed by atoms with Gasteiger partial charge in [0.05, 0.1) is 18.1 Å². The van der Waals surface area contributed by atoms with Gasteiger partial charge in [-0.3, -0.25) is 9.78 Å². The molecule has 5 nitrogen and oxygen atoms in total. The molecule has 2 aromatic heterocycles. The molecule has 2 aromatic rings. The molecule has 2 rings (SSSR count). The summed E-state index contributed by atoms with van der Waals surface area (Å²) in [6, 6.07) is 3.71. The first-order valence-corrected chi connectivity index (χ1v) is 8.74. The van der Waals surface area contributed by atoms with E-state index in [1.165, 1.54) is 0 Å². The summed E-state index contributed by atoms with van der Waals surface area (Å²) >= 11 is 7.98. The fourth-order valence-electron chi connectivity index (χ4n) is 2.07. The maximum atomic E-state index is 12.4. The first-order chi connectivity index (χ1) is 10.7. The van der Waals surface area contributed by atoms with Crippen molar-refractivity contribution < 1.29 is 4.79 Å². The van der Waals surface area contributed by atoms with Crippen LogP contribution in [0.2, 0.25) is 5.15 Å². The zero-order valence-corrected chi connectivity index (χ0v) is 14.3. The Hall–Kier alpha value is -1.53. The molecule has 0 aliphatic heterocycles. The lowest BCUT2D eigenvalue weighted by molar-refractivity contribution is -0.118. The maximum Gasteiger partial charge on any atom is 0.227 e. The van der Waals surface area contributed by atoms with E-state index >= 15 is 0 Å². The Bertz CT molecular complexity index is 617. The number of carbonyl (C=O) groups excluding carboxylic acids is 1. The fraction of sp³-hybridized carbons (Fsp3) is 0.400. The Morgan fingerprint density at radius 3 is 2.91 bits per heavy atom. The Morgan fingerprint density at radius 2 is 2.27 bits per heavy atom. The molecule has 0 atom stereocenters. The van der Waals surface area contributed by atoms with Crippen LogP contribution in [0.4, 0.5) is 5.69 Å². The Kier molecular flexibility index (Phi) is 6.27. The number of amides is 1. The van der Waals surface area contributed by atoms with Gasteiger partial charge in [0, 0.05) is 24.9 Å². The van der Waals surface area contributed by atoms with E-state index in [9.17, 15) is 4.79 Å². The van der Waals surface area contributed by atoms with E-state index in [1.54, 1.807) is 39.9 Å². The van der Waals surface area contributed by atoms with Crippen LogP contribution in [-0.2, 0) is 4.79 Å². The minimum atomic E-state index is 0.0658. The third kappa shape index (κ3) is 4.01. The summed E-state index contributed by atoms with van der Waals surface area (Å²) < 4.78 is 1.64. The zero-order valence-electron chi connectivity index (χ0n) is 12.7. The number of anilines is 1. The van der Waals surface area contributed by atoms with Gasteiger partial charge >= 0.3 is 0 Å². The van der Waals surface area contributed by atoms with Crippen LogP contribution >= 0.6 is 23.4 Å². The van der Waals surface area contributed by atoms with Gasteiger partial charge in [0.15, 0.2) is 5.15 Å². The molecule has 2 heterocycles. The normalized spacial score (nSPS) is 10.7. The van der Waals surface area contributed by atoms with Gasteiger partial charge in [-0.1, -0.05) is 18.5 Å². The van der Waals surface area contributed by atoms with Gasteiger partial charge in [0.2, 0.25) is 5.91 Å². The van der Waals surface area contributed by atoms with E-state index in [0.29, 0.717) is 23.8 Å². The Morgan fingerprint density at radius 1 is 1.45 bits per heavy atom. The van der Waals surface area contributed by atoms with Crippen molar-refractivity contribution in [3.8, 4) is 5.69 Å². The summed E-state index contributed by atoms with van der Waals surface area (Å²) in [5.74, 6) is 1.90. The molecule has 0 unspecified atom stereocenters. The molecule has 0 saturated carbocycles. The molecular weight excluding hydrogens is 320 g/mol. The van der Waals surface area contributed by atoms with E-state index in [4.69, 9.17) is 11.6 Å². The second-order valence-electron chi connectivity index (χ2n) is 4.55. The van der Waals surface area contributed by atoms with E-state index in [-0.39, 0.29) is 5.91 Å². The number of thioether (sulfide) groups is 1. The third-order valence-electron chi connectivity index (χ3n) is 3.13. The van der Waals surface area contributed by atoms with Crippen molar-refractivity contribution in [2.24, 2.45) is 0 Å². The largest absolute Gasteiger partial charge is 0.308 e. The summed E-state index contributed by atoms with van der Waals surface area (Å²) in [6.07, 6.45) is 5.67. The minimum absolute atomic E-state index is 0.0658. The first kappa shape index (κ1) is 16.8. The highest BCUT2D eigenvalue weighted by atomic mass is 35.5. The SMILES string of the molecule is CCSCCC(=O)N(CC)c1cn(-c2cccnc2)nc1Cl. The predicted molar refractivity (Wildman–Crippen MR) is 92.0 cm³/mol. The van der Waals surface area contributed by atoms with Gasteiger partial charge in [0.25, 0.3) is 0 Å². The minimum Gasteiger partial charge on any atom is -0.308 e. The Labute approximate surface area is 139 Å². The molecule has 0 bridgehead atoms. The summed E-state index contributed by atoms with van der Waals surface area (Å²) in [4.78, 5) is 18.1. The van der Waals surface area contributed by atoms with Gasteiger partial charge in [-0.05, 0) is 24.8 Å². The highest BCUT2D eigenvalue weighted by Crippen LogP contribution is 2.26. The number of aromatic nitrogens is 3. The van der Waals surface area contributed by atoms with Crippen molar-refractivity contribution in [3.63, 3.8) is 0 Å². The number of hydrogen-bond donors (Lipinski definition) is 0. The molecule has 118 valence electrons. The van der Waals surface area contributed by atoms with Crippen molar-refractivity contribution >= 4 is 35.0 Å². The lowest BCUT2D eigenvalue weighted by atomic mass is 10.3. The molecule has 0 saturated heterocycles. The van der Waals surface area contributed by atoms with Gasteiger partial charge in [-0.15, -0.1) is 0 Å². The average molecular weight is 339 g/mol. The third-order valence-corrected chi connectivity index (χ3v) is 4.30. The van der Waals surface area contributed by atoms with Crippen LogP contribution in [0.15, 0.2) is 30.7 Å². The van der Waals surface area contributed by atoms with Crippen molar-refractivity contribution in [1.82, 2.24) is 14.8 Å². The van der Waals surface area contributed by atoms with Crippen molar-refractivity contribution in [3.05, 3.63) is 35.9 Å². The van der Waals surface area contributed by atoms with E-state index in [0.717, 1.165) is 17.2 Å². The number of rotatable bonds is 7. The van der Waals surface area contributed by atoms with Gasteiger partial charge < -0.3 is 4.90 Å². The fourth-order valence-corrected chi connectivity index (χ4v) is 2.91. The van der Waals surface area contributed by atoms with Crippen LogP contribution in [0.25, 0.3) is 5.69 Å². The summed E-state index contributed by atoms with van der Waals surface area (Å²) in [6.45, 7) is 4.58. The van der Waals surface area contributed by atoms with Crippen LogP contribution in [-0.4, -0.2) is 38.7 Å². The van der Waals surface area contributed by atoms with Crippen LogP contribution in [0.5, 0.6) is 0 Å². The average Bonchev–Trinajstić information content (AvgIpc) is 2.91. The molecule has 22 heavy (non-hydrogen) atoms. The first-order valence-electron chi connectivity index (χ1n) is 7.21. The van der Waals surface area contributed by atoms with E-state index in [1.807, 2.05) is 19.1 Å². The topological polar surface area (TPSA) is 51.0 Å². The Balaban J connectivity index is 2.19. The monoisotopic (exact) mass is 338 g/mol. The van der Waals surface area contributed by atoms with Crippen molar-refractivity contribution in [1.29, 1.82) is 0 Å². The standard InChI is InChI=1S/C15H19ClN4OS/c1-3-19(14(21)7-9-22-4-2)13-11-20(18-15(13)16)12-6-5-8-17-10-12/h5-6,8,10-11H,3-4,7,9H2,1-2H3. The zero-order chi connectivity index (χ0) is 15.9. The maximum absolute atomic E-state index is 12.4. The van der Waals surface area contributed by atoms with E-state index in [2.05, 4.69) is 17.0 Å². The highest BCUT2D eigenvalue weighted by molar-refractivity contribution is 7.99. The summed E-state index contributed by atoms with van der Waals surface area (Å²) in [7, 11) is 0. The summed E-state index contributed by atoms with van der Waals surface area (Å²) in [5.41, 5.74) is 1.44. The van der Waals surface area contributed by atoms with Crippen LogP contribution in [0.3, 0.4) is 0 Å². The number of pyridine rings is 1. The van der Waals surface area contributed by atoms with Crippen LogP contribution in [0, 0.1) is 0 Å². The molecule has 0 N–H and O–H groups in total. The van der Waals surface area contributed by atoms with Gasteiger partial charge in [0.1, 0.15) is 5.69 Å². The smallest absolute Gasteiger partial charge is 0.227 e.